The Balaban J connectivity index is 1.56. The predicted octanol–water partition coefficient (Wildman–Crippen LogP) is 1.63. The van der Waals surface area contributed by atoms with Crippen LogP contribution in [-0.4, -0.2) is 63.7 Å². The van der Waals surface area contributed by atoms with Crippen molar-refractivity contribution < 1.29 is 18.7 Å². The van der Waals surface area contributed by atoms with E-state index < -0.39 is 23.5 Å². The Labute approximate surface area is 168 Å². The van der Waals surface area contributed by atoms with Crippen molar-refractivity contribution in [3.05, 3.63) is 22.7 Å². The first-order valence-electron chi connectivity index (χ1n) is 10.4. The Morgan fingerprint density at radius 1 is 1.10 bits per heavy atom. The van der Waals surface area contributed by atoms with E-state index in [-0.39, 0.29) is 24.3 Å². The number of alkyl halides is 2. The maximum atomic E-state index is 13.7. The minimum Gasteiger partial charge on any atom is -0.387 e. The number of aliphatic hydroxyl groups is 1. The highest BCUT2D eigenvalue weighted by Crippen LogP contribution is 2.51. The second-order valence-electron chi connectivity index (χ2n) is 8.94. The lowest BCUT2D eigenvalue weighted by Gasteiger charge is -2.51. The van der Waals surface area contributed by atoms with Crippen LogP contribution in [0.15, 0.2) is 17.2 Å². The SMILES string of the molecule is O=CN1CCC(O)(Cn2cnc(N3CCCC(F)(F)C3)cc2=O)C2(CCCC2)C1. The molecule has 9 heteroatoms. The average molecular weight is 410 g/mol. The number of anilines is 1. The van der Waals surface area contributed by atoms with Crippen LogP contribution >= 0.6 is 0 Å². The van der Waals surface area contributed by atoms with Gasteiger partial charge in [0.05, 0.1) is 25.0 Å². The molecule has 4 rings (SSSR count). The van der Waals surface area contributed by atoms with Crippen molar-refractivity contribution in [2.75, 3.05) is 31.1 Å². The fraction of sp³-hybridized carbons (Fsp3) is 0.750. The van der Waals surface area contributed by atoms with Crippen LogP contribution in [0.4, 0.5) is 14.6 Å². The molecule has 1 saturated carbocycles. The molecule has 29 heavy (non-hydrogen) atoms. The molecule has 1 aliphatic carbocycles. The number of rotatable bonds is 4. The Morgan fingerprint density at radius 2 is 1.86 bits per heavy atom. The third kappa shape index (κ3) is 3.76. The first-order chi connectivity index (χ1) is 13.8. The molecule has 0 aromatic carbocycles. The molecule has 0 radical (unpaired) electrons. The van der Waals surface area contributed by atoms with E-state index in [0.29, 0.717) is 32.5 Å². The number of likely N-dealkylation sites (tertiary alicyclic amines) is 1. The Hall–Kier alpha value is -2.03. The fourth-order valence-electron chi connectivity index (χ4n) is 5.37. The van der Waals surface area contributed by atoms with E-state index >= 15 is 0 Å². The third-order valence-corrected chi connectivity index (χ3v) is 7.03. The summed E-state index contributed by atoms with van der Waals surface area (Å²) in [5.74, 6) is -2.52. The zero-order chi connectivity index (χ0) is 20.7. The highest BCUT2D eigenvalue weighted by atomic mass is 19.3. The van der Waals surface area contributed by atoms with Gasteiger partial charge in [0.25, 0.3) is 11.5 Å². The second-order valence-corrected chi connectivity index (χ2v) is 8.94. The lowest BCUT2D eigenvalue weighted by atomic mass is 9.66. The summed E-state index contributed by atoms with van der Waals surface area (Å²) in [5.41, 5.74) is -1.88. The number of hydrogen-bond acceptors (Lipinski definition) is 5. The summed E-state index contributed by atoms with van der Waals surface area (Å²) < 4.78 is 28.8. The zero-order valence-electron chi connectivity index (χ0n) is 16.5. The van der Waals surface area contributed by atoms with Crippen LogP contribution in [0.1, 0.15) is 44.9 Å². The van der Waals surface area contributed by atoms with E-state index in [9.17, 15) is 23.5 Å². The molecular formula is C20H28F2N4O3. The summed E-state index contributed by atoms with van der Waals surface area (Å²) in [6.07, 6.45) is 6.41. The molecule has 3 heterocycles. The maximum Gasteiger partial charge on any atom is 0.265 e. The van der Waals surface area contributed by atoms with E-state index in [0.717, 1.165) is 32.1 Å². The lowest BCUT2D eigenvalue weighted by Crippen LogP contribution is -2.61. The average Bonchev–Trinajstić information content (AvgIpc) is 3.15. The van der Waals surface area contributed by atoms with E-state index in [4.69, 9.17) is 0 Å². The molecule has 1 atom stereocenters. The quantitative estimate of drug-likeness (QED) is 0.764. The number of nitrogens with zero attached hydrogens (tertiary/aromatic N) is 4. The van der Waals surface area contributed by atoms with Gasteiger partial charge in [-0.05, 0) is 25.7 Å². The van der Waals surface area contributed by atoms with E-state index in [1.54, 1.807) is 4.90 Å². The topological polar surface area (TPSA) is 78.7 Å². The summed E-state index contributed by atoms with van der Waals surface area (Å²) in [5, 5.41) is 11.6. The normalized spacial score (nSPS) is 28.7. The highest BCUT2D eigenvalue weighted by molar-refractivity contribution is 5.48. The molecular weight excluding hydrogens is 382 g/mol. The van der Waals surface area contributed by atoms with Gasteiger partial charge in [-0.25, -0.2) is 13.8 Å². The molecule has 1 spiro atoms. The van der Waals surface area contributed by atoms with E-state index in [1.807, 2.05) is 0 Å². The number of aromatic nitrogens is 2. The van der Waals surface area contributed by atoms with Gasteiger partial charge in [0.1, 0.15) is 5.82 Å². The molecule has 1 aromatic rings. The maximum absolute atomic E-state index is 13.7. The number of halogens is 2. The monoisotopic (exact) mass is 410 g/mol. The van der Waals surface area contributed by atoms with Crippen molar-refractivity contribution in [2.45, 2.75) is 63.0 Å². The Kier molecular flexibility index (Phi) is 5.13. The molecule has 1 aromatic heterocycles. The van der Waals surface area contributed by atoms with Crippen molar-refractivity contribution in [1.82, 2.24) is 14.5 Å². The second kappa shape index (κ2) is 7.34. The number of carbonyl (C=O) groups excluding carboxylic acids is 1. The Bertz CT molecular complexity index is 824. The molecule has 160 valence electrons. The minimum atomic E-state index is -2.77. The number of amides is 1. The number of carbonyl (C=O) groups is 1. The molecule has 3 fully saturated rings. The van der Waals surface area contributed by atoms with Crippen LogP contribution in [0.25, 0.3) is 0 Å². The number of hydrogen-bond donors (Lipinski definition) is 1. The van der Waals surface area contributed by atoms with Crippen molar-refractivity contribution in [3.63, 3.8) is 0 Å². The van der Waals surface area contributed by atoms with Crippen LogP contribution in [0.2, 0.25) is 0 Å². The van der Waals surface area contributed by atoms with Crippen molar-refractivity contribution in [3.8, 4) is 0 Å². The number of piperidine rings is 2. The zero-order valence-corrected chi connectivity index (χ0v) is 16.5. The van der Waals surface area contributed by atoms with Crippen LogP contribution in [0.3, 0.4) is 0 Å². The summed E-state index contributed by atoms with van der Waals surface area (Å²) >= 11 is 0. The fourth-order valence-corrected chi connectivity index (χ4v) is 5.37. The van der Waals surface area contributed by atoms with Crippen LogP contribution in [0.5, 0.6) is 0 Å². The van der Waals surface area contributed by atoms with Gasteiger partial charge >= 0.3 is 0 Å². The molecule has 7 nitrogen and oxygen atoms in total. The summed E-state index contributed by atoms with van der Waals surface area (Å²) in [6.45, 7) is 1.06. The van der Waals surface area contributed by atoms with Crippen LogP contribution in [0, 0.1) is 5.41 Å². The predicted molar refractivity (Wildman–Crippen MR) is 103 cm³/mol. The van der Waals surface area contributed by atoms with Crippen LogP contribution < -0.4 is 10.5 Å². The molecule has 1 unspecified atom stereocenters. The Morgan fingerprint density at radius 3 is 2.52 bits per heavy atom. The smallest absolute Gasteiger partial charge is 0.265 e. The van der Waals surface area contributed by atoms with Crippen LogP contribution in [-0.2, 0) is 11.3 Å². The lowest BCUT2D eigenvalue weighted by molar-refractivity contribution is -0.152. The van der Waals surface area contributed by atoms with Gasteiger partial charge in [-0.1, -0.05) is 12.8 Å². The standard InChI is InChI=1S/C20H28F2N4O3/c21-20(22)6-3-8-25(13-20)16-10-17(28)26(14-23-16)12-19(29)7-9-24(15-27)11-18(19)4-1-2-5-18/h10,14-15,29H,1-9,11-13H2. The van der Waals surface area contributed by atoms with E-state index in [2.05, 4.69) is 4.98 Å². The molecule has 1 N–H and O–H groups in total. The molecule has 2 aliphatic heterocycles. The van der Waals surface area contributed by atoms with Crippen molar-refractivity contribution in [2.24, 2.45) is 5.41 Å². The largest absolute Gasteiger partial charge is 0.387 e. The van der Waals surface area contributed by atoms with Gasteiger partial charge in [0.2, 0.25) is 6.41 Å². The van der Waals surface area contributed by atoms with Crippen molar-refractivity contribution in [1.29, 1.82) is 0 Å². The highest BCUT2D eigenvalue weighted by Gasteiger charge is 2.54. The first kappa shape index (κ1) is 20.3. The van der Waals surface area contributed by atoms with Gasteiger partial charge in [0, 0.05) is 37.5 Å². The molecule has 3 aliphatic rings. The van der Waals surface area contributed by atoms with Gasteiger partial charge in [-0.2, -0.15) is 0 Å². The van der Waals surface area contributed by atoms with Crippen molar-refractivity contribution >= 4 is 12.2 Å². The summed E-state index contributed by atoms with van der Waals surface area (Å²) in [4.78, 5) is 31.4. The third-order valence-electron chi connectivity index (χ3n) is 7.03. The van der Waals surface area contributed by atoms with Gasteiger partial charge in [-0.3, -0.25) is 14.2 Å². The molecule has 1 amide bonds. The molecule has 2 saturated heterocycles. The summed E-state index contributed by atoms with van der Waals surface area (Å²) in [7, 11) is 0. The first-order valence-corrected chi connectivity index (χ1v) is 10.4. The van der Waals surface area contributed by atoms with Gasteiger partial charge in [0.15, 0.2) is 0 Å². The van der Waals surface area contributed by atoms with E-state index in [1.165, 1.54) is 21.9 Å². The van der Waals surface area contributed by atoms with Gasteiger partial charge < -0.3 is 14.9 Å². The molecule has 0 bridgehead atoms. The summed E-state index contributed by atoms with van der Waals surface area (Å²) in [6, 6.07) is 1.28. The van der Waals surface area contributed by atoms with Gasteiger partial charge in [-0.15, -0.1) is 0 Å². The minimum absolute atomic E-state index is 0.0992.